The number of hydrogen-bond donors (Lipinski definition) is 1. The highest BCUT2D eigenvalue weighted by Crippen LogP contribution is 2.23. The summed E-state index contributed by atoms with van der Waals surface area (Å²) < 4.78 is 28.7. The van der Waals surface area contributed by atoms with Crippen molar-refractivity contribution < 1.29 is 18.1 Å². The Morgan fingerprint density at radius 3 is 2.41 bits per heavy atom. The van der Waals surface area contributed by atoms with Crippen molar-refractivity contribution >= 4 is 38.2 Å². The number of nitro groups is 1. The molecule has 0 saturated heterocycles. The van der Waals surface area contributed by atoms with E-state index < -0.39 is 14.9 Å². The number of fused-ring (bicyclic) bond motifs is 1. The molecule has 4 rings (SSSR count). The zero-order chi connectivity index (χ0) is 24.3. The van der Waals surface area contributed by atoms with E-state index in [0.29, 0.717) is 16.6 Å². The molecule has 0 aliphatic carbocycles. The van der Waals surface area contributed by atoms with Crippen molar-refractivity contribution in [2.45, 2.75) is 18.0 Å². The van der Waals surface area contributed by atoms with Gasteiger partial charge in [0, 0.05) is 48.5 Å². The number of amides is 1. The summed E-state index contributed by atoms with van der Waals surface area (Å²) in [5.41, 5.74) is 2.02. The third kappa shape index (κ3) is 4.98. The second-order valence-corrected chi connectivity index (χ2v) is 9.81. The van der Waals surface area contributed by atoms with Gasteiger partial charge in [-0.05, 0) is 42.0 Å². The zero-order valence-electron chi connectivity index (χ0n) is 18.3. The van der Waals surface area contributed by atoms with Crippen LogP contribution in [-0.4, -0.2) is 35.2 Å². The predicted octanol–water partition coefficient (Wildman–Crippen LogP) is 4.01. The molecule has 34 heavy (non-hydrogen) atoms. The Morgan fingerprint density at radius 2 is 1.74 bits per heavy atom. The minimum Gasteiger partial charge on any atom is -0.338 e. The van der Waals surface area contributed by atoms with Gasteiger partial charge in [0.2, 0.25) is 15.9 Å². The molecule has 0 aliphatic heterocycles. The third-order valence-electron chi connectivity index (χ3n) is 5.37. The van der Waals surface area contributed by atoms with Crippen molar-refractivity contribution in [3.8, 4) is 0 Å². The normalized spacial score (nSPS) is 11.6. The summed E-state index contributed by atoms with van der Waals surface area (Å²) in [6.07, 6.45) is 1.69. The lowest BCUT2D eigenvalue weighted by atomic mass is 10.2. The zero-order valence-corrected chi connectivity index (χ0v) is 19.1. The maximum absolute atomic E-state index is 12.9. The fourth-order valence-corrected chi connectivity index (χ4v) is 4.77. The molecule has 10 heteroatoms. The van der Waals surface area contributed by atoms with Gasteiger partial charge in [0.05, 0.1) is 9.82 Å². The van der Waals surface area contributed by atoms with E-state index in [-0.39, 0.29) is 29.6 Å². The highest BCUT2D eigenvalue weighted by molar-refractivity contribution is 7.89. The van der Waals surface area contributed by atoms with E-state index in [0.717, 1.165) is 5.56 Å². The Labute approximate surface area is 196 Å². The molecule has 0 radical (unpaired) electrons. The number of aromatic nitrogens is 1. The van der Waals surface area contributed by atoms with Crippen molar-refractivity contribution in [2.75, 3.05) is 12.4 Å². The van der Waals surface area contributed by atoms with Crippen molar-refractivity contribution in [1.29, 1.82) is 0 Å². The maximum Gasteiger partial charge on any atom is 0.270 e. The van der Waals surface area contributed by atoms with Gasteiger partial charge in [-0.25, -0.2) is 8.42 Å². The van der Waals surface area contributed by atoms with Crippen molar-refractivity contribution in [3.05, 3.63) is 101 Å². The number of anilines is 1. The third-order valence-corrected chi connectivity index (χ3v) is 7.19. The number of nitro benzene ring substituents is 1. The number of carbonyl (C=O) groups excluding carboxylic acids is 1. The van der Waals surface area contributed by atoms with Crippen LogP contribution in [0.2, 0.25) is 0 Å². The molecule has 0 aliphatic rings. The molecule has 1 amide bonds. The number of nitrogens with zero attached hydrogens (tertiary/aromatic N) is 3. The lowest BCUT2D eigenvalue weighted by Crippen LogP contribution is -2.26. The van der Waals surface area contributed by atoms with Gasteiger partial charge in [-0.2, -0.15) is 4.31 Å². The van der Waals surface area contributed by atoms with E-state index in [2.05, 4.69) is 5.32 Å². The maximum atomic E-state index is 12.9. The summed E-state index contributed by atoms with van der Waals surface area (Å²) in [5, 5.41) is 14.3. The quantitative estimate of drug-likeness (QED) is 0.304. The lowest BCUT2D eigenvalue weighted by molar-refractivity contribution is -0.384. The summed E-state index contributed by atoms with van der Waals surface area (Å²) >= 11 is 0. The summed E-state index contributed by atoms with van der Waals surface area (Å²) in [5.74, 6) is -0.312. The van der Waals surface area contributed by atoms with Crippen LogP contribution in [0.25, 0.3) is 10.9 Å². The smallest absolute Gasteiger partial charge is 0.270 e. The molecule has 0 atom stereocenters. The molecule has 174 valence electrons. The van der Waals surface area contributed by atoms with Crippen LogP contribution < -0.4 is 5.32 Å². The molecule has 0 bridgehead atoms. The van der Waals surface area contributed by atoms with Gasteiger partial charge in [-0.15, -0.1) is 0 Å². The molecular formula is C24H22N4O5S. The molecule has 1 N–H and O–H groups in total. The molecule has 0 saturated carbocycles. The minimum atomic E-state index is -3.69. The second-order valence-electron chi connectivity index (χ2n) is 7.76. The molecule has 9 nitrogen and oxygen atoms in total. The number of benzene rings is 3. The fourth-order valence-electron chi connectivity index (χ4n) is 3.61. The second kappa shape index (κ2) is 9.46. The van der Waals surface area contributed by atoms with Gasteiger partial charge in [-0.1, -0.05) is 30.3 Å². The van der Waals surface area contributed by atoms with Crippen molar-refractivity contribution in [2.24, 2.45) is 0 Å². The van der Waals surface area contributed by atoms with Crippen LogP contribution in [0.15, 0.2) is 90.0 Å². The van der Waals surface area contributed by atoms with Crippen molar-refractivity contribution in [1.82, 2.24) is 8.87 Å². The molecular weight excluding hydrogens is 456 g/mol. The van der Waals surface area contributed by atoms with Gasteiger partial charge in [0.1, 0.15) is 6.54 Å². The number of carbonyl (C=O) groups is 1. The van der Waals surface area contributed by atoms with Crippen LogP contribution >= 0.6 is 0 Å². The fraction of sp³-hybridized carbons (Fsp3) is 0.125. The summed E-state index contributed by atoms with van der Waals surface area (Å²) in [6, 6.07) is 21.5. The average Bonchev–Trinajstić information content (AvgIpc) is 3.21. The molecule has 0 unspecified atom stereocenters. The lowest BCUT2D eigenvalue weighted by Gasteiger charge is -2.17. The van der Waals surface area contributed by atoms with Crippen LogP contribution in [-0.2, 0) is 27.9 Å². The SMILES string of the molecule is CN(Cc1ccccc1)S(=O)(=O)c1ccc(NC(=O)Cn2ccc3cc([N+](=O)[O-])ccc32)cc1. The first kappa shape index (κ1) is 23.1. The first-order chi connectivity index (χ1) is 16.2. The van der Waals surface area contributed by atoms with E-state index in [1.165, 1.54) is 47.8 Å². The standard InChI is InChI=1S/C24H22N4O5S/c1-26(16-18-5-3-2-4-6-18)34(32,33)22-10-7-20(8-11-22)25-24(29)17-27-14-13-19-15-21(28(30)31)9-12-23(19)27/h2-15H,16-17H2,1H3,(H,25,29). The first-order valence-electron chi connectivity index (χ1n) is 10.4. The summed E-state index contributed by atoms with van der Waals surface area (Å²) in [4.78, 5) is 23.1. The Kier molecular flexibility index (Phi) is 6.44. The average molecular weight is 479 g/mol. The van der Waals surface area contributed by atoms with Crippen molar-refractivity contribution in [3.63, 3.8) is 0 Å². The van der Waals surface area contributed by atoms with E-state index >= 15 is 0 Å². The number of non-ortho nitro benzene ring substituents is 1. The minimum absolute atomic E-state index is 0.00117. The molecule has 0 fully saturated rings. The van der Waals surface area contributed by atoms with Crippen LogP contribution in [0.1, 0.15) is 5.56 Å². The Balaban J connectivity index is 1.42. The first-order valence-corrected chi connectivity index (χ1v) is 11.8. The summed E-state index contributed by atoms with van der Waals surface area (Å²) in [7, 11) is -2.17. The highest BCUT2D eigenvalue weighted by atomic mass is 32.2. The van der Waals surface area contributed by atoms with Gasteiger partial charge in [0.25, 0.3) is 5.69 Å². The predicted molar refractivity (Wildman–Crippen MR) is 129 cm³/mol. The number of sulfonamides is 1. The highest BCUT2D eigenvalue weighted by Gasteiger charge is 2.21. The number of rotatable bonds is 8. The molecule has 1 heterocycles. The van der Waals surface area contributed by atoms with Gasteiger partial charge in [0.15, 0.2) is 0 Å². The van der Waals surface area contributed by atoms with E-state index in [1.54, 1.807) is 22.9 Å². The Hall–Kier alpha value is -4.02. The van der Waals surface area contributed by atoms with Gasteiger partial charge < -0.3 is 9.88 Å². The van der Waals surface area contributed by atoms with Crippen LogP contribution in [0.5, 0.6) is 0 Å². The molecule has 3 aromatic carbocycles. The molecule has 0 spiro atoms. The van der Waals surface area contributed by atoms with Gasteiger partial charge in [-0.3, -0.25) is 14.9 Å². The topological polar surface area (TPSA) is 115 Å². The molecule has 1 aromatic heterocycles. The monoisotopic (exact) mass is 478 g/mol. The van der Waals surface area contributed by atoms with E-state index in [4.69, 9.17) is 0 Å². The largest absolute Gasteiger partial charge is 0.338 e. The number of nitrogens with one attached hydrogen (secondary N) is 1. The summed E-state index contributed by atoms with van der Waals surface area (Å²) in [6.45, 7) is 0.247. The van der Waals surface area contributed by atoms with Crippen LogP contribution in [0.4, 0.5) is 11.4 Å². The Bertz CT molecular complexity index is 1450. The number of hydrogen-bond acceptors (Lipinski definition) is 5. The van der Waals surface area contributed by atoms with E-state index in [1.807, 2.05) is 30.3 Å². The van der Waals surface area contributed by atoms with E-state index in [9.17, 15) is 23.3 Å². The van der Waals surface area contributed by atoms with Crippen LogP contribution in [0.3, 0.4) is 0 Å². The van der Waals surface area contributed by atoms with Gasteiger partial charge >= 0.3 is 0 Å². The van der Waals surface area contributed by atoms with Crippen LogP contribution in [0, 0.1) is 10.1 Å². The Morgan fingerprint density at radius 1 is 1.03 bits per heavy atom. The molecule has 4 aromatic rings.